The molecule has 3 heterocycles. The van der Waals surface area contributed by atoms with Crippen LogP contribution < -0.4 is 5.32 Å². The third-order valence-corrected chi connectivity index (χ3v) is 6.38. The van der Waals surface area contributed by atoms with E-state index in [0.717, 1.165) is 31.6 Å². The number of β-amino-alcohol motifs (C(OH)–C–C–N with tert-alkyl or cyclic N) is 1. The Labute approximate surface area is 172 Å². The maximum absolute atomic E-state index is 12.3. The van der Waals surface area contributed by atoms with E-state index < -0.39 is 5.60 Å². The van der Waals surface area contributed by atoms with Crippen LogP contribution in [0.1, 0.15) is 36.6 Å². The smallest absolute Gasteiger partial charge is 0.222 e. The Morgan fingerprint density at radius 2 is 2.03 bits per heavy atom. The van der Waals surface area contributed by atoms with Crippen molar-refractivity contribution in [1.29, 1.82) is 0 Å². The topological polar surface area (TPSA) is 73.6 Å². The van der Waals surface area contributed by atoms with E-state index in [4.69, 9.17) is 0 Å². The van der Waals surface area contributed by atoms with Crippen molar-refractivity contribution in [3.63, 3.8) is 0 Å². The maximum atomic E-state index is 12.3. The molecule has 2 saturated heterocycles. The number of aromatic nitrogens is 2. The predicted octanol–water partition coefficient (Wildman–Crippen LogP) is 1.31. The molecule has 1 aromatic heterocycles. The van der Waals surface area contributed by atoms with Crippen LogP contribution in [-0.4, -0.2) is 68.9 Å². The zero-order valence-corrected chi connectivity index (χ0v) is 17.3. The number of carbonyl (C=O) groups is 1. The molecule has 29 heavy (non-hydrogen) atoms. The summed E-state index contributed by atoms with van der Waals surface area (Å²) in [6.45, 7) is 2.94. The summed E-state index contributed by atoms with van der Waals surface area (Å²) >= 11 is 0. The SMILES string of the molecule is CN1C(=O)CC[C@H](NCC2(O)CCN(Cc3ccccc3)C2)[C@H]1c1ccnn1C. The Morgan fingerprint density at radius 1 is 1.24 bits per heavy atom. The van der Waals surface area contributed by atoms with E-state index in [-0.39, 0.29) is 18.0 Å². The summed E-state index contributed by atoms with van der Waals surface area (Å²) in [4.78, 5) is 16.4. The lowest BCUT2D eigenvalue weighted by Gasteiger charge is -2.40. The van der Waals surface area contributed by atoms with Crippen LogP contribution >= 0.6 is 0 Å². The second-order valence-electron chi connectivity index (χ2n) is 8.53. The number of amides is 1. The molecular formula is C22H31N5O2. The van der Waals surface area contributed by atoms with Gasteiger partial charge in [0.2, 0.25) is 5.91 Å². The number of carbonyl (C=O) groups excluding carboxylic acids is 1. The van der Waals surface area contributed by atoms with Crippen LogP contribution in [0.2, 0.25) is 0 Å². The van der Waals surface area contributed by atoms with Gasteiger partial charge in [0.1, 0.15) is 0 Å². The molecule has 2 aliphatic rings. The molecule has 0 saturated carbocycles. The summed E-state index contributed by atoms with van der Waals surface area (Å²) in [6.07, 6.45) is 3.82. The second-order valence-corrected chi connectivity index (χ2v) is 8.53. The van der Waals surface area contributed by atoms with Crippen LogP contribution in [-0.2, 0) is 18.4 Å². The molecule has 1 aromatic carbocycles. The predicted molar refractivity (Wildman–Crippen MR) is 111 cm³/mol. The van der Waals surface area contributed by atoms with Crippen molar-refractivity contribution >= 4 is 5.91 Å². The van der Waals surface area contributed by atoms with Gasteiger partial charge in [-0.25, -0.2) is 0 Å². The Kier molecular flexibility index (Phi) is 5.72. The lowest BCUT2D eigenvalue weighted by molar-refractivity contribution is -0.136. The van der Waals surface area contributed by atoms with Crippen molar-refractivity contribution in [2.24, 2.45) is 7.05 Å². The molecule has 2 aliphatic heterocycles. The minimum absolute atomic E-state index is 0.0748. The van der Waals surface area contributed by atoms with E-state index in [0.29, 0.717) is 19.5 Å². The van der Waals surface area contributed by atoms with Crippen molar-refractivity contribution < 1.29 is 9.90 Å². The van der Waals surface area contributed by atoms with E-state index in [1.165, 1.54) is 5.56 Å². The lowest BCUT2D eigenvalue weighted by atomic mass is 9.92. The number of aliphatic hydroxyl groups is 1. The van der Waals surface area contributed by atoms with Gasteiger partial charge in [-0.15, -0.1) is 0 Å². The van der Waals surface area contributed by atoms with E-state index in [1.54, 1.807) is 6.20 Å². The van der Waals surface area contributed by atoms with Crippen LogP contribution in [0.25, 0.3) is 0 Å². The first-order chi connectivity index (χ1) is 14.0. The highest BCUT2D eigenvalue weighted by molar-refractivity contribution is 5.77. The summed E-state index contributed by atoms with van der Waals surface area (Å²) < 4.78 is 1.83. The molecule has 7 nitrogen and oxygen atoms in total. The minimum Gasteiger partial charge on any atom is -0.387 e. The average molecular weight is 398 g/mol. The normalized spacial score (nSPS) is 28.2. The number of likely N-dealkylation sites (N-methyl/N-ethyl adjacent to an activating group) is 1. The van der Waals surface area contributed by atoms with E-state index in [9.17, 15) is 9.90 Å². The standard InChI is InChI=1S/C22H31N5O2/c1-25-20(28)9-8-18(21(25)19-10-12-24-26(19)2)23-15-22(29)11-13-27(16-22)14-17-6-4-3-5-7-17/h3-7,10,12,18,21,23,29H,8-9,11,13-16H2,1-2H3/t18-,21-,22?/m0/s1. The highest BCUT2D eigenvalue weighted by atomic mass is 16.3. The molecule has 3 atom stereocenters. The van der Waals surface area contributed by atoms with E-state index >= 15 is 0 Å². The van der Waals surface area contributed by atoms with Gasteiger partial charge in [-0.2, -0.15) is 5.10 Å². The number of nitrogens with one attached hydrogen (secondary N) is 1. The first-order valence-electron chi connectivity index (χ1n) is 10.4. The van der Waals surface area contributed by atoms with Crippen molar-refractivity contribution in [1.82, 2.24) is 24.9 Å². The van der Waals surface area contributed by atoms with Gasteiger partial charge in [0.05, 0.1) is 17.3 Å². The molecule has 1 amide bonds. The molecule has 2 fully saturated rings. The fourth-order valence-electron chi connectivity index (χ4n) is 4.71. The third-order valence-electron chi connectivity index (χ3n) is 6.38. The molecular weight excluding hydrogens is 366 g/mol. The van der Waals surface area contributed by atoms with Crippen LogP contribution in [0.5, 0.6) is 0 Å². The summed E-state index contributed by atoms with van der Waals surface area (Å²) in [6, 6.07) is 12.4. The van der Waals surface area contributed by atoms with Gasteiger partial charge in [-0.1, -0.05) is 30.3 Å². The zero-order valence-electron chi connectivity index (χ0n) is 17.3. The molecule has 0 bridgehead atoms. The van der Waals surface area contributed by atoms with Gasteiger partial charge >= 0.3 is 0 Å². The summed E-state index contributed by atoms with van der Waals surface area (Å²) in [5.74, 6) is 0.155. The number of aryl methyl sites for hydroxylation is 1. The summed E-state index contributed by atoms with van der Waals surface area (Å²) in [7, 11) is 3.77. The summed E-state index contributed by atoms with van der Waals surface area (Å²) in [5, 5.41) is 19.0. The van der Waals surface area contributed by atoms with Crippen molar-refractivity contribution in [2.75, 3.05) is 26.7 Å². The number of hydrogen-bond acceptors (Lipinski definition) is 5. The van der Waals surface area contributed by atoms with Gasteiger partial charge in [0.15, 0.2) is 0 Å². The number of benzene rings is 1. The van der Waals surface area contributed by atoms with Crippen LogP contribution in [0.3, 0.4) is 0 Å². The fraction of sp³-hybridized carbons (Fsp3) is 0.545. The highest BCUT2D eigenvalue weighted by Gasteiger charge is 2.40. The molecule has 4 rings (SSSR count). The number of rotatable bonds is 6. The average Bonchev–Trinajstić information content (AvgIpc) is 3.29. The largest absolute Gasteiger partial charge is 0.387 e. The monoisotopic (exact) mass is 397 g/mol. The van der Waals surface area contributed by atoms with Crippen LogP contribution in [0, 0.1) is 0 Å². The Hall–Kier alpha value is -2.22. The zero-order chi connectivity index (χ0) is 20.4. The van der Waals surface area contributed by atoms with Gasteiger partial charge in [-0.3, -0.25) is 14.4 Å². The van der Waals surface area contributed by atoms with Crippen LogP contribution in [0.15, 0.2) is 42.6 Å². The Morgan fingerprint density at radius 3 is 2.76 bits per heavy atom. The first kappa shape index (κ1) is 20.1. The Bertz CT molecular complexity index is 839. The summed E-state index contributed by atoms with van der Waals surface area (Å²) in [5.41, 5.74) is 1.54. The van der Waals surface area contributed by atoms with Gasteiger partial charge < -0.3 is 15.3 Å². The quantitative estimate of drug-likeness (QED) is 0.769. The van der Waals surface area contributed by atoms with Gasteiger partial charge in [-0.05, 0) is 24.5 Å². The molecule has 0 radical (unpaired) electrons. The highest BCUT2D eigenvalue weighted by Crippen LogP contribution is 2.31. The molecule has 0 spiro atoms. The maximum Gasteiger partial charge on any atom is 0.222 e. The van der Waals surface area contributed by atoms with Crippen molar-refractivity contribution in [3.05, 3.63) is 53.9 Å². The van der Waals surface area contributed by atoms with Gasteiger partial charge in [0, 0.05) is 58.9 Å². The molecule has 2 aromatic rings. The van der Waals surface area contributed by atoms with Crippen molar-refractivity contribution in [3.8, 4) is 0 Å². The second kappa shape index (κ2) is 8.26. The molecule has 156 valence electrons. The number of piperidine rings is 1. The van der Waals surface area contributed by atoms with Crippen LogP contribution in [0.4, 0.5) is 0 Å². The molecule has 7 heteroatoms. The first-order valence-corrected chi connectivity index (χ1v) is 10.4. The lowest BCUT2D eigenvalue weighted by Crippen LogP contribution is -2.53. The molecule has 0 aliphatic carbocycles. The molecule has 2 N–H and O–H groups in total. The number of hydrogen-bond donors (Lipinski definition) is 2. The van der Waals surface area contributed by atoms with E-state index in [1.807, 2.05) is 35.8 Å². The molecule has 1 unspecified atom stereocenters. The minimum atomic E-state index is -0.744. The fourth-order valence-corrected chi connectivity index (χ4v) is 4.71. The van der Waals surface area contributed by atoms with Crippen molar-refractivity contribution in [2.45, 2.75) is 43.5 Å². The van der Waals surface area contributed by atoms with E-state index in [2.05, 4.69) is 39.6 Å². The third kappa shape index (κ3) is 4.37. The van der Waals surface area contributed by atoms with Gasteiger partial charge in [0.25, 0.3) is 0 Å². The number of likely N-dealkylation sites (tertiary alicyclic amines) is 2. The number of nitrogens with zero attached hydrogens (tertiary/aromatic N) is 4. The Balaban J connectivity index is 1.39.